The molecule has 1 aliphatic rings. The summed E-state index contributed by atoms with van der Waals surface area (Å²) >= 11 is 0. The van der Waals surface area contributed by atoms with Crippen LogP contribution < -0.4 is 10.6 Å². The molecule has 1 aliphatic heterocycles. The molecule has 1 rings (SSSR count). The third kappa shape index (κ3) is 2.08. The number of hydrogen-bond donors (Lipinski definition) is 2. The van der Waals surface area contributed by atoms with E-state index in [0.717, 1.165) is 32.5 Å². The van der Waals surface area contributed by atoms with E-state index in [1.165, 1.54) is 0 Å². The van der Waals surface area contributed by atoms with Gasteiger partial charge in [-0.15, -0.1) is 0 Å². The number of carbonyl (C=O) groups is 1. The third-order valence-corrected chi connectivity index (χ3v) is 3.28. The van der Waals surface area contributed by atoms with Gasteiger partial charge in [-0.05, 0) is 25.3 Å². The normalized spacial score (nSPS) is 26.9. The van der Waals surface area contributed by atoms with E-state index in [9.17, 15) is 4.79 Å². The van der Waals surface area contributed by atoms with Crippen molar-refractivity contribution in [3.63, 3.8) is 0 Å². The first kappa shape index (κ1) is 11.5. The standard InChI is InChI=1S/C11H22N2O/c1-4-6-13-10(14)11(9(2)3)5-7-12-8-11/h9,12H,4-8H2,1-3H3,(H,13,14). The first-order valence-corrected chi connectivity index (χ1v) is 5.62. The topological polar surface area (TPSA) is 41.1 Å². The van der Waals surface area contributed by atoms with E-state index in [2.05, 4.69) is 31.4 Å². The molecule has 0 saturated carbocycles. The molecule has 3 heteroatoms. The van der Waals surface area contributed by atoms with Crippen LogP contribution in [0, 0.1) is 11.3 Å². The number of carbonyl (C=O) groups excluding carboxylic acids is 1. The van der Waals surface area contributed by atoms with Crippen molar-refractivity contribution >= 4 is 5.91 Å². The Labute approximate surface area is 86.6 Å². The Kier molecular flexibility index (Phi) is 3.93. The lowest BCUT2D eigenvalue weighted by Crippen LogP contribution is -2.46. The molecule has 0 bridgehead atoms. The minimum atomic E-state index is -0.158. The average Bonchev–Trinajstić information content (AvgIpc) is 2.63. The summed E-state index contributed by atoms with van der Waals surface area (Å²) in [5.41, 5.74) is -0.158. The van der Waals surface area contributed by atoms with Gasteiger partial charge in [-0.3, -0.25) is 4.79 Å². The minimum Gasteiger partial charge on any atom is -0.356 e. The molecule has 0 spiro atoms. The highest BCUT2D eigenvalue weighted by Gasteiger charge is 2.43. The van der Waals surface area contributed by atoms with Crippen molar-refractivity contribution in [1.29, 1.82) is 0 Å². The second kappa shape index (κ2) is 4.78. The summed E-state index contributed by atoms with van der Waals surface area (Å²) < 4.78 is 0. The lowest BCUT2D eigenvalue weighted by Gasteiger charge is -2.31. The van der Waals surface area contributed by atoms with Crippen molar-refractivity contribution < 1.29 is 4.79 Å². The van der Waals surface area contributed by atoms with E-state index in [0.29, 0.717) is 5.92 Å². The monoisotopic (exact) mass is 198 g/mol. The van der Waals surface area contributed by atoms with Gasteiger partial charge in [-0.25, -0.2) is 0 Å². The van der Waals surface area contributed by atoms with Gasteiger partial charge in [0.1, 0.15) is 0 Å². The highest BCUT2D eigenvalue weighted by atomic mass is 16.2. The summed E-state index contributed by atoms with van der Waals surface area (Å²) in [6.45, 7) is 8.96. The van der Waals surface area contributed by atoms with Gasteiger partial charge in [-0.2, -0.15) is 0 Å². The quantitative estimate of drug-likeness (QED) is 0.711. The Morgan fingerprint density at radius 1 is 1.57 bits per heavy atom. The summed E-state index contributed by atoms with van der Waals surface area (Å²) in [4.78, 5) is 12.0. The second-order valence-corrected chi connectivity index (χ2v) is 4.49. The Morgan fingerprint density at radius 3 is 2.71 bits per heavy atom. The summed E-state index contributed by atoms with van der Waals surface area (Å²) in [6, 6.07) is 0. The van der Waals surface area contributed by atoms with E-state index >= 15 is 0 Å². The van der Waals surface area contributed by atoms with Crippen LogP contribution in [0.15, 0.2) is 0 Å². The first-order chi connectivity index (χ1) is 6.63. The highest BCUT2D eigenvalue weighted by molar-refractivity contribution is 5.83. The Balaban J connectivity index is 2.62. The lowest BCUT2D eigenvalue weighted by molar-refractivity contribution is -0.132. The fourth-order valence-corrected chi connectivity index (χ4v) is 2.07. The van der Waals surface area contributed by atoms with Gasteiger partial charge in [0.25, 0.3) is 0 Å². The molecule has 0 radical (unpaired) electrons. The molecule has 1 atom stereocenters. The van der Waals surface area contributed by atoms with Crippen LogP contribution in [0.1, 0.15) is 33.6 Å². The zero-order valence-corrected chi connectivity index (χ0v) is 9.52. The summed E-state index contributed by atoms with van der Waals surface area (Å²) in [7, 11) is 0. The fourth-order valence-electron chi connectivity index (χ4n) is 2.07. The molecular formula is C11H22N2O. The predicted molar refractivity (Wildman–Crippen MR) is 58.1 cm³/mol. The molecule has 82 valence electrons. The van der Waals surface area contributed by atoms with E-state index in [-0.39, 0.29) is 11.3 Å². The third-order valence-electron chi connectivity index (χ3n) is 3.28. The summed E-state index contributed by atoms with van der Waals surface area (Å²) in [6.07, 6.45) is 1.98. The molecule has 3 nitrogen and oxygen atoms in total. The largest absolute Gasteiger partial charge is 0.356 e. The van der Waals surface area contributed by atoms with Crippen LogP contribution in [0.4, 0.5) is 0 Å². The van der Waals surface area contributed by atoms with Gasteiger partial charge in [0.15, 0.2) is 0 Å². The number of amides is 1. The van der Waals surface area contributed by atoms with Gasteiger partial charge < -0.3 is 10.6 Å². The van der Waals surface area contributed by atoms with Gasteiger partial charge in [0.2, 0.25) is 5.91 Å². The van der Waals surface area contributed by atoms with Crippen molar-refractivity contribution in [2.24, 2.45) is 11.3 Å². The number of nitrogens with one attached hydrogen (secondary N) is 2. The fraction of sp³-hybridized carbons (Fsp3) is 0.909. The van der Waals surface area contributed by atoms with Gasteiger partial charge in [-0.1, -0.05) is 20.8 Å². The molecule has 1 fully saturated rings. The summed E-state index contributed by atoms with van der Waals surface area (Å²) in [5.74, 6) is 0.647. The lowest BCUT2D eigenvalue weighted by atomic mass is 9.75. The minimum absolute atomic E-state index is 0.158. The van der Waals surface area contributed by atoms with Crippen molar-refractivity contribution in [2.45, 2.75) is 33.6 Å². The molecule has 1 heterocycles. The van der Waals surface area contributed by atoms with Crippen LogP contribution in [0.5, 0.6) is 0 Å². The van der Waals surface area contributed by atoms with Crippen LogP contribution in [-0.2, 0) is 4.79 Å². The predicted octanol–water partition coefficient (Wildman–Crippen LogP) is 1.15. The molecule has 0 aromatic carbocycles. The zero-order chi connectivity index (χ0) is 10.6. The highest BCUT2D eigenvalue weighted by Crippen LogP contribution is 2.34. The van der Waals surface area contributed by atoms with Crippen LogP contribution in [0.25, 0.3) is 0 Å². The van der Waals surface area contributed by atoms with Crippen molar-refractivity contribution in [3.05, 3.63) is 0 Å². The van der Waals surface area contributed by atoms with Crippen LogP contribution >= 0.6 is 0 Å². The maximum atomic E-state index is 12.0. The molecular weight excluding hydrogens is 176 g/mol. The van der Waals surface area contributed by atoms with Crippen molar-refractivity contribution in [3.8, 4) is 0 Å². The second-order valence-electron chi connectivity index (χ2n) is 4.49. The first-order valence-electron chi connectivity index (χ1n) is 5.62. The summed E-state index contributed by atoms with van der Waals surface area (Å²) in [5, 5.41) is 6.31. The van der Waals surface area contributed by atoms with Crippen LogP contribution in [0.2, 0.25) is 0 Å². The molecule has 1 saturated heterocycles. The molecule has 2 N–H and O–H groups in total. The Hall–Kier alpha value is -0.570. The number of rotatable bonds is 4. The number of hydrogen-bond acceptors (Lipinski definition) is 2. The molecule has 1 amide bonds. The van der Waals surface area contributed by atoms with Crippen LogP contribution in [-0.4, -0.2) is 25.5 Å². The SMILES string of the molecule is CCCNC(=O)C1(C(C)C)CCNC1. The van der Waals surface area contributed by atoms with Crippen molar-refractivity contribution in [2.75, 3.05) is 19.6 Å². The molecule has 0 aromatic rings. The van der Waals surface area contributed by atoms with Crippen LogP contribution in [0.3, 0.4) is 0 Å². The molecule has 0 aliphatic carbocycles. The maximum Gasteiger partial charge on any atom is 0.227 e. The smallest absolute Gasteiger partial charge is 0.227 e. The average molecular weight is 198 g/mol. The van der Waals surface area contributed by atoms with Gasteiger partial charge in [0, 0.05) is 13.1 Å². The Bertz CT molecular complexity index is 195. The van der Waals surface area contributed by atoms with E-state index in [1.54, 1.807) is 0 Å². The van der Waals surface area contributed by atoms with Crippen molar-refractivity contribution in [1.82, 2.24) is 10.6 Å². The zero-order valence-electron chi connectivity index (χ0n) is 9.52. The van der Waals surface area contributed by atoms with Gasteiger partial charge >= 0.3 is 0 Å². The Morgan fingerprint density at radius 2 is 2.29 bits per heavy atom. The van der Waals surface area contributed by atoms with Gasteiger partial charge in [0.05, 0.1) is 5.41 Å². The molecule has 0 aromatic heterocycles. The maximum absolute atomic E-state index is 12.0. The van der Waals surface area contributed by atoms with E-state index < -0.39 is 0 Å². The van der Waals surface area contributed by atoms with E-state index in [1.807, 2.05) is 0 Å². The molecule has 1 unspecified atom stereocenters. The molecule has 14 heavy (non-hydrogen) atoms. The van der Waals surface area contributed by atoms with E-state index in [4.69, 9.17) is 0 Å².